The number of hydrogen-bond donors (Lipinski definition) is 1. The molecule has 2 aliphatic heterocycles. The van der Waals surface area contributed by atoms with Crippen LogP contribution in [0.15, 0.2) is 0 Å². The van der Waals surface area contributed by atoms with Crippen molar-refractivity contribution in [2.75, 3.05) is 18.1 Å². The maximum Gasteiger partial charge on any atom is 0.150 e. The molecular weight excluding hydrogens is 246 g/mol. The lowest BCUT2D eigenvalue weighted by Crippen LogP contribution is -2.52. The lowest BCUT2D eigenvalue weighted by molar-refractivity contribution is 0.159. The Bertz CT molecular complexity index is 369. The standard InChI is InChI=1S/C14H27NO2S/c1-12(2)14(7-3-4-9-15-14)8-5-13-6-10-18(16,17)11-13/h12-13,15H,3-11H2,1-2H3. The molecule has 0 aliphatic carbocycles. The monoisotopic (exact) mass is 273 g/mol. The van der Waals surface area contributed by atoms with Crippen LogP contribution in [0.5, 0.6) is 0 Å². The molecule has 0 aromatic rings. The Hall–Kier alpha value is -0.0900. The normalized spacial score (nSPS) is 36.1. The molecule has 3 nitrogen and oxygen atoms in total. The smallest absolute Gasteiger partial charge is 0.150 e. The van der Waals surface area contributed by atoms with Crippen LogP contribution in [0.1, 0.15) is 52.4 Å². The van der Waals surface area contributed by atoms with Crippen LogP contribution < -0.4 is 5.32 Å². The summed E-state index contributed by atoms with van der Waals surface area (Å²) in [6.45, 7) is 5.72. The topological polar surface area (TPSA) is 46.2 Å². The minimum Gasteiger partial charge on any atom is -0.311 e. The second-order valence-electron chi connectivity index (χ2n) is 6.50. The van der Waals surface area contributed by atoms with Gasteiger partial charge in [0.05, 0.1) is 11.5 Å². The summed E-state index contributed by atoms with van der Waals surface area (Å²) in [6.07, 6.45) is 6.95. The van der Waals surface area contributed by atoms with Gasteiger partial charge in [0.1, 0.15) is 0 Å². The van der Waals surface area contributed by atoms with Gasteiger partial charge in [0.2, 0.25) is 0 Å². The molecule has 0 amide bonds. The van der Waals surface area contributed by atoms with E-state index in [2.05, 4.69) is 19.2 Å². The van der Waals surface area contributed by atoms with Gasteiger partial charge in [-0.3, -0.25) is 0 Å². The van der Waals surface area contributed by atoms with E-state index in [1.165, 1.54) is 19.3 Å². The Morgan fingerprint density at radius 2 is 2.11 bits per heavy atom. The summed E-state index contributed by atoms with van der Waals surface area (Å²) in [5, 5.41) is 3.73. The van der Waals surface area contributed by atoms with E-state index in [1.807, 2.05) is 0 Å². The molecule has 1 N–H and O–H groups in total. The van der Waals surface area contributed by atoms with Crippen molar-refractivity contribution >= 4 is 9.84 Å². The van der Waals surface area contributed by atoms with Gasteiger partial charge in [-0.1, -0.05) is 20.3 Å². The molecule has 106 valence electrons. The number of rotatable bonds is 4. The highest BCUT2D eigenvalue weighted by Crippen LogP contribution is 2.34. The number of hydrogen-bond acceptors (Lipinski definition) is 3. The molecule has 2 saturated heterocycles. The molecule has 0 aromatic carbocycles. The van der Waals surface area contributed by atoms with Gasteiger partial charge in [-0.05, 0) is 50.5 Å². The zero-order valence-corrected chi connectivity index (χ0v) is 12.6. The predicted octanol–water partition coefficient (Wildman–Crippen LogP) is 2.37. The SMILES string of the molecule is CC(C)C1(CCC2CCS(=O)(=O)C2)CCCCN1. The maximum atomic E-state index is 11.5. The lowest BCUT2D eigenvalue weighted by Gasteiger charge is -2.42. The van der Waals surface area contributed by atoms with Crippen LogP contribution in [0, 0.1) is 11.8 Å². The fourth-order valence-corrected chi connectivity index (χ4v) is 5.46. The first-order valence-electron chi connectivity index (χ1n) is 7.39. The number of sulfone groups is 1. The Morgan fingerprint density at radius 1 is 1.33 bits per heavy atom. The average molecular weight is 273 g/mol. The minimum absolute atomic E-state index is 0.268. The molecule has 0 saturated carbocycles. The first-order valence-corrected chi connectivity index (χ1v) is 9.21. The molecule has 4 heteroatoms. The summed E-state index contributed by atoms with van der Waals surface area (Å²) in [5.41, 5.74) is 0.268. The maximum absolute atomic E-state index is 11.5. The number of piperidine rings is 1. The summed E-state index contributed by atoms with van der Waals surface area (Å²) < 4.78 is 23.0. The molecule has 2 aliphatic rings. The molecule has 18 heavy (non-hydrogen) atoms. The highest BCUT2D eigenvalue weighted by atomic mass is 32.2. The van der Waals surface area contributed by atoms with Crippen molar-refractivity contribution in [2.45, 2.75) is 57.9 Å². The van der Waals surface area contributed by atoms with Crippen LogP contribution in [-0.4, -0.2) is 32.0 Å². The van der Waals surface area contributed by atoms with Gasteiger partial charge in [0.15, 0.2) is 9.84 Å². The van der Waals surface area contributed by atoms with Crippen molar-refractivity contribution in [3.63, 3.8) is 0 Å². The van der Waals surface area contributed by atoms with E-state index in [9.17, 15) is 8.42 Å². The van der Waals surface area contributed by atoms with E-state index < -0.39 is 9.84 Å². The Balaban J connectivity index is 1.90. The highest BCUT2D eigenvalue weighted by Gasteiger charge is 2.36. The van der Waals surface area contributed by atoms with E-state index >= 15 is 0 Å². The number of nitrogens with one attached hydrogen (secondary N) is 1. The Morgan fingerprint density at radius 3 is 2.61 bits per heavy atom. The van der Waals surface area contributed by atoms with Crippen molar-refractivity contribution in [3.8, 4) is 0 Å². The van der Waals surface area contributed by atoms with Crippen LogP contribution in [0.25, 0.3) is 0 Å². The van der Waals surface area contributed by atoms with Crippen molar-refractivity contribution in [1.82, 2.24) is 5.32 Å². The van der Waals surface area contributed by atoms with Crippen molar-refractivity contribution in [3.05, 3.63) is 0 Å². The first kappa shape index (κ1) is 14.3. The minimum atomic E-state index is -2.71. The van der Waals surface area contributed by atoms with Crippen molar-refractivity contribution in [1.29, 1.82) is 0 Å². The van der Waals surface area contributed by atoms with Gasteiger partial charge in [-0.2, -0.15) is 0 Å². The van der Waals surface area contributed by atoms with Crippen LogP contribution in [0.4, 0.5) is 0 Å². The largest absolute Gasteiger partial charge is 0.311 e. The molecule has 0 aromatic heterocycles. The first-order chi connectivity index (χ1) is 8.44. The van der Waals surface area contributed by atoms with Gasteiger partial charge in [0.25, 0.3) is 0 Å². The fraction of sp³-hybridized carbons (Fsp3) is 1.00. The second-order valence-corrected chi connectivity index (χ2v) is 8.73. The molecule has 2 fully saturated rings. The molecule has 0 radical (unpaired) electrons. The van der Waals surface area contributed by atoms with E-state index in [1.54, 1.807) is 0 Å². The zero-order valence-electron chi connectivity index (χ0n) is 11.7. The predicted molar refractivity (Wildman–Crippen MR) is 75.4 cm³/mol. The third kappa shape index (κ3) is 3.27. The third-order valence-corrected chi connectivity index (χ3v) is 6.79. The summed E-state index contributed by atoms with van der Waals surface area (Å²) in [5.74, 6) is 1.89. The molecule has 2 unspecified atom stereocenters. The molecule has 2 atom stereocenters. The summed E-state index contributed by atoms with van der Waals surface area (Å²) in [7, 11) is -2.71. The van der Waals surface area contributed by atoms with Gasteiger partial charge in [-0.15, -0.1) is 0 Å². The summed E-state index contributed by atoms with van der Waals surface area (Å²) in [6, 6.07) is 0. The third-order valence-electron chi connectivity index (χ3n) is 4.96. The van der Waals surface area contributed by atoms with Crippen LogP contribution >= 0.6 is 0 Å². The molecule has 2 heterocycles. The molecule has 0 spiro atoms. The zero-order chi connectivity index (χ0) is 13.2. The van der Waals surface area contributed by atoms with E-state index in [0.29, 0.717) is 23.3 Å². The summed E-state index contributed by atoms with van der Waals surface area (Å²) in [4.78, 5) is 0. The fourth-order valence-electron chi connectivity index (χ4n) is 3.55. The van der Waals surface area contributed by atoms with E-state index in [-0.39, 0.29) is 5.54 Å². The van der Waals surface area contributed by atoms with Gasteiger partial charge < -0.3 is 5.32 Å². The van der Waals surface area contributed by atoms with Crippen molar-refractivity contribution < 1.29 is 8.42 Å². The quantitative estimate of drug-likeness (QED) is 0.855. The van der Waals surface area contributed by atoms with E-state index in [4.69, 9.17) is 0 Å². The van der Waals surface area contributed by atoms with Crippen molar-refractivity contribution in [2.24, 2.45) is 11.8 Å². The van der Waals surface area contributed by atoms with Gasteiger partial charge in [0, 0.05) is 5.54 Å². The summed E-state index contributed by atoms with van der Waals surface area (Å²) >= 11 is 0. The van der Waals surface area contributed by atoms with Crippen LogP contribution in [0.2, 0.25) is 0 Å². The van der Waals surface area contributed by atoms with Crippen LogP contribution in [0.3, 0.4) is 0 Å². The van der Waals surface area contributed by atoms with Crippen LogP contribution in [-0.2, 0) is 9.84 Å². The van der Waals surface area contributed by atoms with Gasteiger partial charge in [-0.25, -0.2) is 8.42 Å². The van der Waals surface area contributed by atoms with E-state index in [0.717, 1.165) is 25.8 Å². The Kier molecular flexibility index (Phi) is 4.37. The molecule has 2 rings (SSSR count). The molecular formula is C14H27NO2S. The van der Waals surface area contributed by atoms with Gasteiger partial charge >= 0.3 is 0 Å². The average Bonchev–Trinajstić information content (AvgIpc) is 2.67. The molecule has 0 bridgehead atoms. The Labute approximate surface area is 112 Å². The highest BCUT2D eigenvalue weighted by molar-refractivity contribution is 7.91. The second kappa shape index (κ2) is 5.49. The lowest BCUT2D eigenvalue weighted by atomic mass is 9.75.